The standard InChI is InChI=1S/C17H24N4O.2C2H2O4/c1-17(2,3)18-11-16(22)20-14-10-15(21(4)5)19-13-9-7-6-8-12(13)14;2*3-1(4)2(5)6/h6-10,18H,11H2,1-5H3,(H,19,20,22);2*(H,3,4)(H,5,6). The van der Waals surface area contributed by atoms with Crippen molar-refractivity contribution in [2.24, 2.45) is 0 Å². The average Bonchev–Trinajstić information content (AvgIpc) is 2.72. The highest BCUT2D eigenvalue weighted by molar-refractivity contribution is 6.27. The van der Waals surface area contributed by atoms with Crippen LogP contribution in [0.3, 0.4) is 0 Å². The molecule has 0 aliphatic heterocycles. The number of carboxylic acids is 4. The Morgan fingerprint density at radius 1 is 0.882 bits per heavy atom. The molecule has 0 bridgehead atoms. The first-order valence-electron chi connectivity index (χ1n) is 9.59. The fourth-order valence-corrected chi connectivity index (χ4v) is 2.03. The summed E-state index contributed by atoms with van der Waals surface area (Å²) in [5.74, 6) is -6.54. The summed E-state index contributed by atoms with van der Waals surface area (Å²) in [5.41, 5.74) is 1.56. The summed E-state index contributed by atoms with van der Waals surface area (Å²) in [4.78, 5) is 55.1. The number of amides is 1. The molecule has 0 spiro atoms. The molecule has 13 heteroatoms. The van der Waals surface area contributed by atoms with Crippen LogP contribution in [0.4, 0.5) is 11.5 Å². The molecule has 6 N–H and O–H groups in total. The van der Waals surface area contributed by atoms with E-state index in [1.807, 2.05) is 70.1 Å². The minimum absolute atomic E-state index is 0.0593. The second kappa shape index (κ2) is 13.3. The maximum absolute atomic E-state index is 12.2. The van der Waals surface area contributed by atoms with Crippen LogP contribution >= 0.6 is 0 Å². The predicted molar refractivity (Wildman–Crippen MR) is 123 cm³/mol. The normalized spacial score (nSPS) is 10.0. The van der Waals surface area contributed by atoms with Crippen LogP contribution in [0.25, 0.3) is 10.9 Å². The Labute approximate surface area is 195 Å². The van der Waals surface area contributed by atoms with Crippen molar-refractivity contribution in [2.45, 2.75) is 26.3 Å². The summed E-state index contributed by atoms with van der Waals surface area (Å²) in [7, 11) is 3.87. The van der Waals surface area contributed by atoms with Crippen molar-refractivity contribution in [3.63, 3.8) is 0 Å². The van der Waals surface area contributed by atoms with Gasteiger partial charge in [0.25, 0.3) is 0 Å². The SMILES string of the molecule is CN(C)c1cc(NC(=O)CNC(C)(C)C)c2ccccc2n1.O=C(O)C(=O)O.O=C(O)C(=O)O. The van der Waals surface area contributed by atoms with E-state index in [-0.39, 0.29) is 18.0 Å². The molecule has 0 saturated carbocycles. The van der Waals surface area contributed by atoms with Crippen molar-refractivity contribution in [1.29, 1.82) is 0 Å². The monoisotopic (exact) mass is 480 g/mol. The maximum Gasteiger partial charge on any atom is 0.414 e. The van der Waals surface area contributed by atoms with Gasteiger partial charge in [-0.3, -0.25) is 4.79 Å². The number of nitrogens with one attached hydrogen (secondary N) is 2. The number of carbonyl (C=O) groups excluding carboxylic acids is 1. The van der Waals surface area contributed by atoms with E-state index in [9.17, 15) is 4.79 Å². The number of hydrogen-bond donors (Lipinski definition) is 6. The van der Waals surface area contributed by atoms with E-state index < -0.39 is 23.9 Å². The van der Waals surface area contributed by atoms with Gasteiger partial charge in [-0.1, -0.05) is 18.2 Å². The molecule has 1 aromatic carbocycles. The molecule has 0 atom stereocenters. The van der Waals surface area contributed by atoms with Crippen molar-refractivity contribution in [3.05, 3.63) is 30.3 Å². The maximum atomic E-state index is 12.2. The third-order valence-electron chi connectivity index (χ3n) is 3.58. The highest BCUT2D eigenvalue weighted by atomic mass is 16.4. The van der Waals surface area contributed by atoms with Gasteiger partial charge in [-0.15, -0.1) is 0 Å². The summed E-state index contributed by atoms with van der Waals surface area (Å²) in [6.45, 7) is 6.38. The summed E-state index contributed by atoms with van der Waals surface area (Å²) in [6.07, 6.45) is 0. The first-order chi connectivity index (χ1) is 15.5. The minimum atomic E-state index is -1.82. The zero-order valence-electron chi connectivity index (χ0n) is 19.3. The van der Waals surface area contributed by atoms with E-state index in [2.05, 4.69) is 15.6 Å². The van der Waals surface area contributed by atoms with E-state index in [1.54, 1.807) is 0 Å². The first-order valence-corrected chi connectivity index (χ1v) is 9.59. The van der Waals surface area contributed by atoms with E-state index in [0.29, 0.717) is 0 Å². The van der Waals surface area contributed by atoms with Gasteiger partial charge in [-0.05, 0) is 26.8 Å². The Morgan fingerprint density at radius 2 is 1.35 bits per heavy atom. The van der Waals surface area contributed by atoms with Crippen molar-refractivity contribution < 1.29 is 44.4 Å². The zero-order valence-corrected chi connectivity index (χ0v) is 19.3. The molecule has 0 unspecified atom stereocenters. The van der Waals surface area contributed by atoms with Crippen LogP contribution < -0.4 is 15.5 Å². The number of aromatic nitrogens is 1. The molecule has 0 saturated heterocycles. The smallest absolute Gasteiger partial charge is 0.414 e. The molecule has 2 rings (SSSR count). The molecule has 1 aromatic heterocycles. The molecule has 186 valence electrons. The number of carbonyl (C=O) groups is 5. The lowest BCUT2D eigenvalue weighted by Crippen LogP contribution is -2.41. The zero-order chi connectivity index (χ0) is 26.6. The highest BCUT2D eigenvalue weighted by Crippen LogP contribution is 2.26. The highest BCUT2D eigenvalue weighted by Gasteiger charge is 2.13. The van der Waals surface area contributed by atoms with Crippen LogP contribution in [0.15, 0.2) is 30.3 Å². The van der Waals surface area contributed by atoms with Gasteiger partial charge in [0, 0.05) is 31.1 Å². The van der Waals surface area contributed by atoms with Crippen molar-refractivity contribution in [2.75, 3.05) is 30.9 Å². The number of pyridine rings is 1. The van der Waals surface area contributed by atoms with Crippen LogP contribution in [0.2, 0.25) is 0 Å². The number of anilines is 2. The van der Waals surface area contributed by atoms with Crippen LogP contribution in [-0.2, 0) is 24.0 Å². The van der Waals surface area contributed by atoms with Crippen LogP contribution in [0, 0.1) is 0 Å². The molecular weight excluding hydrogens is 452 g/mol. The van der Waals surface area contributed by atoms with Crippen molar-refractivity contribution in [1.82, 2.24) is 10.3 Å². The molecule has 0 aliphatic carbocycles. The third kappa shape index (κ3) is 12.0. The summed E-state index contributed by atoms with van der Waals surface area (Å²) >= 11 is 0. The number of fused-ring (bicyclic) bond motifs is 1. The Hall–Kier alpha value is -4.26. The number of nitrogens with zero attached hydrogens (tertiary/aromatic N) is 2. The largest absolute Gasteiger partial charge is 0.473 e. The number of aliphatic carboxylic acids is 4. The van der Waals surface area contributed by atoms with E-state index >= 15 is 0 Å². The Balaban J connectivity index is 0.000000750. The van der Waals surface area contributed by atoms with Crippen LogP contribution in [0.1, 0.15) is 20.8 Å². The van der Waals surface area contributed by atoms with Gasteiger partial charge >= 0.3 is 23.9 Å². The van der Waals surface area contributed by atoms with Gasteiger partial charge in [0.2, 0.25) is 5.91 Å². The molecule has 1 amide bonds. The molecule has 0 radical (unpaired) electrons. The van der Waals surface area contributed by atoms with Gasteiger partial charge in [-0.25, -0.2) is 24.2 Å². The topological polar surface area (TPSA) is 206 Å². The average molecular weight is 480 g/mol. The van der Waals surface area contributed by atoms with Gasteiger partial charge in [0.15, 0.2) is 0 Å². The molecule has 34 heavy (non-hydrogen) atoms. The van der Waals surface area contributed by atoms with Gasteiger partial charge in [0.1, 0.15) is 5.82 Å². The van der Waals surface area contributed by atoms with Crippen LogP contribution in [-0.4, -0.2) is 81.4 Å². The second-order valence-corrected chi connectivity index (χ2v) is 7.81. The van der Waals surface area contributed by atoms with E-state index in [4.69, 9.17) is 39.6 Å². The molecule has 0 fully saturated rings. The van der Waals surface area contributed by atoms with Crippen LogP contribution in [0.5, 0.6) is 0 Å². The molecule has 1 heterocycles. The molecular formula is C21H28N4O9. The number of benzene rings is 1. The number of para-hydroxylation sites is 1. The number of rotatable bonds is 4. The summed E-state index contributed by atoms with van der Waals surface area (Å²) in [6, 6.07) is 9.71. The second-order valence-electron chi connectivity index (χ2n) is 7.81. The van der Waals surface area contributed by atoms with Gasteiger partial charge in [0.05, 0.1) is 17.7 Å². The fraction of sp³-hybridized carbons (Fsp3) is 0.333. The first kappa shape index (κ1) is 29.7. The third-order valence-corrected chi connectivity index (χ3v) is 3.58. The Kier molecular flexibility index (Phi) is 11.7. The molecule has 0 aliphatic rings. The lowest BCUT2D eigenvalue weighted by molar-refractivity contribution is -0.159. The minimum Gasteiger partial charge on any atom is -0.473 e. The molecule has 2 aromatic rings. The number of carboxylic acid groups (broad SMARTS) is 4. The predicted octanol–water partition coefficient (Wildman–Crippen LogP) is 0.939. The summed E-state index contributed by atoms with van der Waals surface area (Å²) in [5, 5.41) is 36.7. The lowest BCUT2D eigenvalue weighted by atomic mass is 10.1. The Bertz CT molecular complexity index is 998. The quantitative estimate of drug-likeness (QED) is 0.338. The summed E-state index contributed by atoms with van der Waals surface area (Å²) < 4.78 is 0. The van der Waals surface area contributed by atoms with E-state index in [1.165, 1.54) is 0 Å². The van der Waals surface area contributed by atoms with Crippen molar-refractivity contribution >= 4 is 52.2 Å². The molecule has 13 nitrogen and oxygen atoms in total. The van der Waals surface area contributed by atoms with Gasteiger partial charge < -0.3 is 36.0 Å². The Morgan fingerprint density at radius 3 is 1.76 bits per heavy atom. The van der Waals surface area contributed by atoms with E-state index in [0.717, 1.165) is 22.4 Å². The fourth-order valence-electron chi connectivity index (χ4n) is 2.03. The number of hydrogen-bond acceptors (Lipinski definition) is 8. The van der Waals surface area contributed by atoms with Gasteiger partial charge in [-0.2, -0.15) is 0 Å². The lowest BCUT2D eigenvalue weighted by Gasteiger charge is -2.20. The van der Waals surface area contributed by atoms with Crippen molar-refractivity contribution in [3.8, 4) is 0 Å².